The van der Waals surface area contributed by atoms with Gasteiger partial charge in [0.1, 0.15) is 12.3 Å². The largest absolute Gasteiger partial charge is 0.497 e. The van der Waals surface area contributed by atoms with Crippen molar-refractivity contribution in [3.63, 3.8) is 0 Å². The number of carbonyl (C=O) groups excluding carboxylic acids is 1. The van der Waals surface area contributed by atoms with Crippen molar-refractivity contribution in [2.45, 2.75) is 18.7 Å². The lowest BCUT2D eigenvalue weighted by molar-refractivity contribution is -0.114. The molecule has 3 aromatic rings. The van der Waals surface area contributed by atoms with Crippen LogP contribution in [-0.2, 0) is 25.0 Å². The summed E-state index contributed by atoms with van der Waals surface area (Å²) in [7, 11) is -3.53. The van der Waals surface area contributed by atoms with E-state index in [1.54, 1.807) is 43.3 Å². The Bertz CT molecular complexity index is 1470. The molecule has 12 heteroatoms. The first-order valence-electron chi connectivity index (χ1n) is 11.2. The van der Waals surface area contributed by atoms with Gasteiger partial charge in [-0.25, -0.2) is 12.7 Å². The molecule has 0 saturated carbocycles. The predicted molar refractivity (Wildman–Crippen MR) is 145 cm³/mol. The van der Waals surface area contributed by atoms with Crippen LogP contribution in [-0.4, -0.2) is 54.8 Å². The fraction of sp³-hybridized carbons (Fsp3) is 0.240. The number of benzene rings is 3. The third-order valence-corrected chi connectivity index (χ3v) is 8.65. The third-order valence-electron chi connectivity index (χ3n) is 5.45. The van der Waals surface area contributed by atoms with Gasteiger partial charge in [-0.1, -0.05) is 12.1 Å². The van der Waals surface area contributed by atoms with E-state index in [0.717, 1.165) is 14.2 Å². The van der Waals surface area contributed by atoms with Crippen molar-refractivity contribution < 1.29 is 26.4 Å². The molecule has 2 N–H and O–H groups in total. The van der Waals surface area contributed by atoms with E-state index in [0.29, 0.717) is 28.4 Å². The van der Waals surface area contributed by atoms with Crippen LogP contribution in [0.5, 0.6) is 5.75 Å². The van der Waals surface area contributed by atoms with Crippen molar-refractivity contribution in [1.82, 2.24) is 4.31 Å². The van der Waals surface area contributed by atoms with Gasteiger partial charge in [-0.3, -0.25) is 9.52 Å². The zero-order valence-electron chi connectivity index (χ0n) is 21.2. The Kier molecular flexibility index (Phi) is 8.46. The van der Waals surface area contributed by atoms with Gasteiger partial charge in [0.2, 0.25) is 5.91 Å². The van der Waals surface area contributed by atoms with Crippen LogP contribution in [0.1, 0.15) is 11.1 Å². The lowest BCUT2D eigenvalue weighted by Gasteiger charge is -2.28. The monoisotopic (exact) mass is 546 g/mol. The highest BCUT2D eigenvalue weighted by atomic mass is 32.2. The summed E-state index contributed by atoms with van der Waals surface area (Å²) in [5.74, 6) is 0.0100. The van der Waals surface area contributed by atoms with Crippen LogP contribution in [0.4, 0.5) is 17.1 Å². The van der Waals surface area contributed by atoms with E-state index >= 15 is 0 Å². The molecule has 0 atom stereocenters. The Morgan fingerprint density at radius 2 is 1.46 bits per heavy atom. The molecule has 198 valence electrons. The predicted octanol–water partition coefficient (Wildman–Crippen LogP) is 3.36. The molecule has 37 heavy (non-hydrogen) atoms. The first kappa shape index (κ1) is 28.0. The molecule has 0 aromatic heterocycles. The molecule has 0 fully saturated rings. The van der Waals surface area contributed by atoms with E-state index < -0.39 is 32.7 Å². The molecule has 1 amide bonds. The number of ether oxygens (including phenoxy) is 1. The molecule has 0 bridgehead atoms. The van der Waals surface area contributed by atoms with Gasteiger partial charge in [0.25, 0.3) is 10.0 Å². The van der Waals surface area contributed by atoms with E-state index in [1.165, 1.54) is 45.5 Å². The Balaban J connectivity index is 1.76. The highest BCUT2D eigenvalue weighted by molar-refractivity contribution is 7.92. The first-order valence-corrected chi connectivity index (χ1v) is 14.1. The Morgan fingerprint density at radius 1 is 0.865 bits per heavy atom. The lowest BCUT2D eigenvalue weighted by atomic mass is 10.1. The molecule has 0 unspecified atom stereocenters. The number of methoxy groups -OCH3 is 1. The molecule has 0 radical (unpaired) electrons. The average Bonchev–Trinajstić information content (AvgIpc) is 2.84. The maximum absolute atomic E-state index is 13.0. The summed E-state index contributed by atoms with van der Waals surface area (Å²) in [6.45, 7) is 3.14. The van der Waals surface area contributed by atoms with Crippen LogP contribution in [0.2, 0.25) is 0 Å². The normalized spacial score (nSPS) is 11.7. The Hall–Kier alpha value is -3.61. The summed E-state index contributed by atoms with van der Waals surface area (Å²) < 4.78 is 61.1. The minimum absolute atomic E-state index is 0.00600. The van der Waals surface area contributed by atoms with E-state index in [-0.39, 0.29) is 4.90 Å². The fourth-order valence-corrected chi connectivity index (χ4v) is 5.58. The Morgan fingerprint density at radius 3 is 2.03 bits per heavy atom. The minimum atomic E-state index is -3.97. The van der Waals surface area contributed by atoms with Gasteiger partial charge >= 0.3 is 10.2 Å². The maximum Gasteiger partial charge on any atom is 0.304 e. The SMILES string of the molecule is COc1ccc(NS(=O)(=O)c2ccc(NC(=O)CN(c3cc(C)ccc3C)S(=O)(=O)N(C)C)cc2)cc1. The van der Waals surface area contributed by atoms with Crippen molar-refractivity contribution in [2.24, 2.45) is 0 Å². The number of rotatable bonds is 10. The van der Waals surface area contributed by atoms with Crippen LogP contribution in [0.25, 0.3) is 0 Å². The molecule has 0 saturated heterocycles. The molecule has 0 heterocycles. The fourth-order valence-electron chi connectivity index (χ4n) is 3.40. The average molecular weight is 547 g/mol. The highest BCUT2D eigenvalue weighted by Crippen LogP contribution is 2.26. The summed E-state index contributed by atoms with van der Waals surface area (Å²) in [5.41, 5.74) is 2.63. The zero-order valence-corrected chi connectivity index (χ0v) is 22.9. The van der Waals surface area contributed by atoms with Crippen molar-refractivity contribution in [3.05, 3.63) is 77.9 Å². The standard InChI is InChI=1S/C25H30N4O6S2/c1-18-6-7-19(2)24(16-18)29(37(33,34)28(3)4)17-25(30)26-20-10-14-23(15-11-20)36(31,32)27-21-8-12-22(35-5)13-9-21/h6-16,27H,17H2,1-5H3,(H,26,30). The number of anilines is 3. The van der Waals surface area contributed by atoms with Crippen molar-refractivity contribution >= 4 is 43.2 Å². The van der Waals surface area contributed by atoms with Gasteiger partial charge in [-0.15, -0.1) is 0 Å². The van der Waals surface area contributed by atoms with E-state index in [1.807, 2.05) is 13.0 Å². The summed E-state index contributed by atoms with van der Waals surface area (Å²) in [4.78, 5) is 12.9. The molecular formula is C25H30N4O6S2. The molecule has 3 rings (SSSR count). The summed E-state index contributed by atoms with van der Waals surface area (Å²) in [5, 5.41) is 2.64. The van der Waals surface area contributed by atoms with Gasteiger partial charge in [0, 0.05) is 25.5 Å². The molecule has 10 nitrogen and oxygen atoms in total. The van der Waals surface area contributed by atoms with Gasteiger partial charge in [0.15, 0.2) is 0 Å². The molecule has 0 aliphatic rings. The van der Waals surface area contributed by atoms with E-state index in [2.05, 4.69) is 10.0 Å². The number of hydrogen-bond donors (Lipinski definition) is 2. The van der Waals surface area contributed by atoms with Crippen molar-refractivity contribution in [2.75, 3.05) is 42.1 Å². The smallest absolute Gasteiger partial charge is 0.304 e. The Labute approximate surface area is 218 Å². The first-order chi connectivity index (χ1) is 17.3. The number of sulfonamides is 1. The van der Waals surface area contributed by atoms with Crippen LogP contribution < -0.4 is 19.1 Å². The van der Waals surface area contributed by atoms with Crippen LogP contribution in [0, 0.1) is 13.8 Å². The molecule has 3 aromatic carbocycles. The maximum atomic E-state index is 13.0. The summed E-state index contributed by atoms with van der Waals surface area (Å²) >= 11 is 0. The second kappa shape index (κ2) is 11.2. The topological polar surface area (TPSA) is 125 Å². The van der Waals surface area contributed by atoms with Gasteiger partial charge < -0.3 is 10.1 Å². The molecular weight excluding hydrogens is 516 g/mol. The molecule has 0 aliphatic heterocycles. The zero-order chi connectivity index (χ0) is 27.4. The summed E-state index contributed by atoms with van der Waals surface area (Å²) in [6, 6.07) is 17.3. The summed E-state index contributed by atoms with van der Waals surface area (Å²) in [6.07, 6.45) is 0. The number of nitrogens with zero attached hydrogens (tertiary/aromatic N) is 2. The second-order valence-corrected chi connectivity index (χ2v) is 12.2. The lowest BCUT2D eigenvalue weighted by Crippen LogP contribution is -2.44. The molecule has 0 aliphatic carbocycles. The number of nitrogens with one attached hydrogen (secondary N) is 2. The number of aryl methyl sites for hydroxylation is 2. The van der Waals surface area contributed by atoms with Gasteiger partial charge in [-0.05, 0) is 79.6 Å². The van der Waals surface area contributed by atoms with Crippen LogP contribution in [0.15, 0.2) is 71.6 Å². The number of amides is 1. The van der Waals surface area contributed by atoms with Gasteiger partial charge in [0.05, 0.1) is 17.7 Å². The van der Waals surface area contributed by atoms with Crippen LogP contribution >= 0.6 is 0 Å². The minimum Gasteiger partial charge on any atom is -0.497 e. The van der Waals surface area contributed by atoms with Gasteiger partial charge in [-0.2, -0.15) is 12.7 Å². The third kappa shape index (κ3) is 6.79. The van der Waals surface area contributed by atoms with E-state index in [4.69, 9.17) is 4.74 Å². The quantitative estimate of drug-likeness (QED) is 0.402. The van der Waals surface area contributed by atoms with Crippen molar-refractivity contribution in [1.29, 1.82) is 0 Å². The van der Waals surface area contributed by atoms with Crippen molar-refractivity contribution in [3.8, 4) is 5.75 Å². The van der Waals surface area contributed by atoms with Crippen LogP contribution in [0.3, 0.4) is 0 Å². The molecule has 0 spiro atoms. The number of carbonyl (C=O) groups is 1. The number of hydrogen-bond acceptors (Lipinski definition) is 6. The van der Waals surface area contributed by atoms with E-state index in [9.17, 15) is 21.6 Å². The second-order valence-electron chi connectivity index (χ2n) is 8.49. The highest BCUT2D eigenvalue weighted by Gasteiger charge is 2.28.